The third-order valence-electron chi connectivity index (χ3n) is 3.24. The van der Waals surface area contributed by atoms with Crippen LogP contribution in [0.5, 0.6) is 0 Å². The standard InChI is InChI=1S/C14H29NO2/c1-7-8-9-10-13(2,3)11-15-12(16)14(4,5)17-6/h7-11H2,1-6H3,(H,15,16). The number of hydrogen-bond donors (Lipinski definition) is 1. The number of rotatable bonds is 8. The molecule has 0 fully saturated rings. The van der Waals surface area contributed by atoms with Crippen LogP contribution in [0.25, 0.3) is 0 Å². The van der Waals surface area contributed by atoms with Crippen molar-refractivity contribution in [3.8, 4) is 0 Å². The lowest BCUT2D eigenvalue weighted by Crippen LogP contribution is -2.46. The van der Waals surface area contributed by atoms with Gasteiger partial charge in [-0.05, 0) is 25.7 Å². The minimum absolute atomic E-state index is 0.0384. The lowest BCUT2D eigenvalue weighted by Gasteiger charge is -2.28. The zero-order chi connectivity index (χ0) is 13.5. The summed E-state index contributed by atoms with van der Waals surface area (Å²) in [6.45, 7) is 10.9. The molecule has 0 aliphatic heterocycles. The Balaban J connectivity index is 4.04. The maximum absolute atomic E-state index is 11.8. The van der Waals surface area contributed by atoms with Crippen molar-refractivity contribution in [1.82, 2.24) is 5.32 Å². The molecule has 0 aliphatic rings. The Labute approximate surface area is 106 Å². The van der Waals surface area contributed by atoms with E-state index in [1.165, 1.54) is 19.3 Å². The summed E-state index contributed by atoms with van der Waals surface area (Å²) in [7, 11) is 1.56. The molecule has 0 aromatic heterocycles. The molecular formula is C14H29NO2. The molecule has 0 unspecified atom stereocenters. The predicted octanol–water partition coefficient (Wildman–Crippen LogP) is 3.13. The van der Waals surface area contributed by atoms with E-state index in [1.54, 1.807) is 21.0 Å². The second kappa shape index (κ2) is 7.00. The second-order valence-electron chi connectivity index (χ2n) is 6.02. The van der Waals surface area contributed by atoms with Crippen LogP contribution in [0.2, 0.25) is 0 Å². The smallest absolute Gasteiger partial charge is 0.251 e. The van der Waals surface area contributed by atoms with Crippen LogP contribution in [0, 0.1) is 5.41 Å². The Morgan fingerprint density at radius 1 is 1.18 bits per heavy atom. The SMILES string of the molecule is CCCCCC(C)(C)CNC(=O)C(C)(C)OC. The molecule has 0 aromatic carbocycles. The molecular weight excluding hydrogens is 214 g/mol. The van der Waals surface area contributed by atoms with Gasteiger partial charge >= 0.3 is 0 Å². The quantitative estimate of drug-likeness (QED) is 0.665. The molecule has 102 valence electrons. The minimum Gasteiger partial charge on any atom is -0.369 e. The van der Waals surface area contributed by atoms with Crippen molar-refractivity contribution in [3.05, 3.63) is 0 Å². The predicted molar refractivity (Wildman–Crippen MR) is 72.0 cm³/mol. The average molecular weight is 243 g/mol. The van der Waals surface area contributed by atoms with Gasteiger partial charge in [-0.3, -0.25) is 4.79 Å². The Bertz CT molecular complexity index is 234. The fourth-order valence-electron chi connectivity index (χ4n) is 1.57. The highest BCUT2D eigenvalue weighted by molar-refractivity contribution is 5.84. The van der Waals surface area contributed by atoms with Gasteiger partial charge in [0.05, 0.1) is 0 Å². The molecule has 0 bridgehead atoms. The molecule has 1 N–H and O–H groups in total. The highest BCUT2D eigenvalue weighted by Crippen LogP contribution is 2.23. The molecule has 0 atom stereocenters. The van der Waals surface area contributed by atoms with Gasteiger partial charge in [-0.25, -0.2) is 0 Å². The van der Waals surface area contributed by atoms with Crippen molar-refractivity contribution in [3.63, 3.8) is 0 Å². The van der Waals surface area contributed by atoms with E-state index in [4.69, 9.17) is 4.74 Å². The molecule has 0 rings (SSSR count). The van der Waals surface area contributed by atoms with Gasteiger partial charge in [0.2, 0.25) is 0 Å². The summed E-state index contributed by atoms with van der Waals surface area (Å²) in [5, 5.41) is 2.98. The van der Waals surface area contributed by atoms with Gasteiger partial charge in [0.25, 0.3) is 5.91 Å². The number of carbonyl (C=O) groups excluding carboxylic acids is 1. The summed E-state index contributed by atoms with van der Waals surface area (Å²) in [4.78, 5) is 11.8. The van der Waals surface area contributed by atoms with E-state index >= 15 is 0 Å². The number of hydrogen-bond acceptors (Lipinski definition) is 2. The summed E-state index contributed by atoms with van der Waals surface area (Å²) >= 11 is 0. The highest BCUT2D eigenvalue weighted by atomic mass is 16.5. The van der Waals surface area contributed by atoms with E-state index in [2.05, 4.69) is 26.1 Å². The Hall–Kier alpha value is -0.570. The molecule has 0 saturated carbocycles. The molecule has 0 heterocycles. The van der Waals surface area contributed by atoms with Crippen molar-refractivity contribution in [2.45, 2.75) is 65.9 Å². The molecule has 0 aromatic rings. The molecule has 3 heteroatoms. The van der Waals surface area contributed by atoms with E-state index in [-0.39, 0.29) is 11.3 Å². The third-order valence-corrected chi connectivity index (χ3v) is 3.24. The fourth-order valence-corrected chi connectivity index (χ4v) is 1.57. The van der Waals surface area contributed by atoms with E-state index in [0.29, 0.717) is 6.54 Å². The van der Waals surface area contributed by atoms with Crippen LogP contribution >= 0.6 is 0 Å². The summed E-state index contributed by atoms with van der Waals surface area (Å²) in [6.07, 6.45) is 4.88. The number of carbonyl (C=O) groups is 1. The number of methoxy groups -OCH3 is 1. The second-order valence-corrected chi connectivity index (χ2v) is 6.02. The van der Waals surface area contributed by atoms with Crippen LogP contribution < -0.4 is 5.32 Å². The minimum atomic E-state index is -0.737. The summed E-state index contributed by atoms with van der Waals surface area (Å²) in [6, 6.07) is 0. The first kappa shape index (κ1) is 16.4. The Morgan fingerprint density at radius 2 is 1.76 bits per heavy atom. The number of unbranched alkanes of at least 4 members (excludes halogenated alkanes) is 2. The van der Waals surface area contributed by atoms with E-state index in [1.807, 2.05) is 0 Å². The largest absolute Gasteiger partial charge is 0.369 e. The summed E-state index contributed by atoms with van der Waals surface area (Å²) in [5.41, 5.74) is -0.575. The first-order valence-electron chi connectivity index (χ1n) is 6.58. The first-order valence-corrected chi connectivity index (χ1v) is 6.58. The number of ether oxygens (including phenoxy) is 1. The molecule has 0 spiro atoms. The topological polar surface area (TPSA) is 38.3 Å². The Kier molecular flexibility index (Phi) is 6.76. The lowest BCUT2D eigenvalue weighted by molar-refractivity contribution is -0.140. The van der Waals surface area contributed by atoms with Crippen LogP contribution in [0.3, 0.4) is 0 Å². The first-order chi connectivity index (χ1) is 7.75. The molecule has 0 aliphatic carbocycles. The van der Waals surface area contributed by atoms with Crippen molar-refractivity contribution in [1.29, 1.82) is 0 Å². The van der Waals surface area contributed by atoms with Gasteiger partial charge in [-0.15, -0.1) is 0 Å². The fraction of sp³-hybridized carbons (Fsp3) is 0.929. The lowest BCUT2D eigenvalue weighted by atomic mass is 9.86. The maximum atomic E-state index is 11.8. The zero-order valence-electron chi connectivity index (χ0n) is 12.4. The van der Waals surface area contributed by atoms with Crippen molar-refractivity contribution in [2.24, 2.45) is 5.41 Å². The van der Waals surface area contributed by atoms with Crippen LogP contribution in [-0.4, -0.2) is 25.2 Å². The van der Waals surface area contributed by atoms with Crippen molar-refractivity contribution >= 4 is 5.91 Å². The monoisotopic (exact) mass is 243 g/mol. The van der Waals surface area contributed by atoms with Gasteiger partial charge in [-0.1, -0.05) is 40.0 Å². The Morgan fingerprint density at radius 3 is 2.24 bits per heavy atom. The molecule has 17 heavy (non-hydrogen) atoms. The van der Waals surface area contributed by atoms with Crippen LogP contribution in [0.15, 0.2) is 0 Å². The maximum Gasteiger partial charge on any atom is 0.251 e. The van der Waals surface area contributed by atoms with Crippen LogP contribution in [-0.2, 0) is 9.53 Å². The molecule has 0 saturated heterocycles. The molecule has 0 radical (unpaired) electrons. The van der Waals surface area contributed by atoms with E-state index in [0.717, 1.165) is 6.42 Å². The van der Waals surface area contributed by atoms with Crippen molar-refractivity contribution < 1.29 is 9.53 Å². The van der Waals surface area contributed by atoms with Crippen LogP contribution in [0.4, 0.5) is 0 Å². The molecule has 1 amide bonds. The van der Waals surface area contributed by atoms with E-state index in [9.17, 15) is 4.79 Å². The van der Waals surface area contributed by atoms with Gasteiger partial charge in [0, 0.05) is 13.7 Å². The van der Waals surface area contributed by atoms with Crippen molar-refractivity contribution in [2.75, 3.05) is 13.7 Å². The zero-order valence-corrected chi connectivity index (χ0v) is 12.4. The highest BCUT2D eigenvalue weighted by Gasteiger charge is 2.28. The van der Waals surface area contributed by atoms with Gasteiger partial charge in [-0.2, -0.15) is 0 Å². The van der Waals surface area contributed by atoms with Crippen LogP contribution in [0.1, 0.15) is 60.3 Å². The summed E-state index contributed by atoms with van der Waals surface area (Å²) < 4.78 is 5.15. The number of amides is 1. The summed E-state index contributed by atoms with van der Waals surface area (Å²) in [5.74, 6) is -0.0384. The average Bonchev–Trinajstić information content (AvgIpc) is 2.26. The van der Waals surface area contributed by atoms with Gasteiger partial charge in [0.1, 0.15) is 5.60 Å². The normalized spacial score (nSPS) is 12.6. The molecule has 3 nitrogen and oxygen atoms in total. The van der Waals surface area contributed by atoms with Gasteiger partial charge < -0.3 is 10.1 Å². The van der Waals surface area contributed by atoms with Gasteiger partial charge in [0.15, 0.2) is 0 Å². The van der Waals surface area contributed by atoms with E-state index < -0.39 is 5.60 Å². The third kappa shape index (κ3) is 6.67. The number of nitrogens with one attached hydrogen (secondary N) is 1.